The first-order chi connectivity index (χ1) is 29.5. The molecule has 60 heavy (non-hydrogen) atoms. The van der Waals surface area contributed by atoms with Gasteiger partial charge in [-0.15, -0.1) is 0 Å². The second kappa shape index (κ2) is 16.0. The van der Waals surface area contributed by atoms with Crippen molar-refractivity contribution in [1.82, 2.24) is 38.7 Å². The minimum absolute atomic E-state index is 0.176. The molecule has 8 heterocycles. The molecule has 0 saturated carbocycles. The number of fused-ring (bicyclic) bond motifs is 6. The molecule has 4 aliphatic rings. The van der Waals surface area contributed by atoms with Crippen LogP contribution in [0, 0.1) is 0 Å². The molecular weight excluding hydrogens is 761 g/mol. The summed E-state index contributed by atoms with van der Waals surface area (Å²) in [4.78, 5) is 44.3. The minimum atomic E-state index is -1.19. The molecule has 0 radical (unpaired) electrons. The number of rotatable bonds is 6. The van der Waals surface area contributed by atoms with Gasteiger partial charge >= 0.3 is 0 Å². The van der Waals surface area contributed by atoms with Gasteiger partial charge in [0.2, 0.25) is 11.9 Å². The first-order valence-corrected chi connectivity index (χ1v) is 20.7. The molecule has 2 fully saturated rings. The molecule has 1 atom stereocenters. The largest absolute Gasteiger partial charge is 0.496 e. The molecule has 1 unspecified atom stereocenters. The number of hydrogen-bond acceptors (Lipinski definition) is 13. The molecule has 2 saturated heterocycles. The lowest BCUT2D eigenvalue weighted by atomic mass is 9.79. The average molecular weight is 807 g/mol. The van der Waals surface area contributed by atoms with Crippen molar-refractivity contribution >= 4 is 29.0 Å². The number of aryl methyl sites for hydroxylation is 2. The Hall–Kier alpha value is -6.29. The number of aromatic nitrogens is 8. The lowest BCUT2D eigenvalue weighted by Gasteiger charge is -2.33. The number of anilines is 2. The van der Waals surface area contributed by atoms with E-state index in [9.17, 15) is 9.90 Å². The summed E-state index contributed by atoms with van der Waals surface area (Å²) >= 11 is 0. The number of ether oxygens (including phenoxy) is 3. The van der Waals surface area contributed by atoms with Gasteiger partial charge in [-0.1, -0.05) is 18.2 Å². The molecule has 15 nitrogen and oxygen atoms in total. The van der Waals surface area contributed by atoms with Gasteiger partial charge in [-0.3, -0.25) is 13.6 Å². The first-order valence-electron chi connectivity index (χ1n) is 20.7. The van der Waals surface area contributed by atoms with E-state index in [1.165, 1.54) is 0 Å². The Morgan fingerprint density at radius 3 is 1.82 bits per heavy atom. The van der Waals surface area contributed by atoms with E-state index in [0.29, 0.717) is 45.0 Å². The quantitative estimate of drug-likeness (QED) is 0.230. The summed E-state index contributed by atoms with van der Waals surface area (Å²) in [6.45, 7) is 6.04. The van der Waals surface area contributed by atoms with Crippen molar-refractivity contribution in [2.45, 2.75) is 44.1 Å². The highest BCUT2D eigenvalue weighted by Gasteiger charge is 2.42. The first kappa shape index (κ1) is 37.9. The summed E-state index contributed by atoms with van der Waals surface area (Å²) in [6.07, 6.45) is 16.0. The highest BCUT2D eigenvalue weighted by molar-refractivity contribution is 5.97. The maximum Gasteiger partial charge on any atom is 0.225 e. The van der Waals surface area contributed by atoms with Crippen LogP contribution in [-0.2, 0) is 27.9 Å². The normalized spacial score (nSPS) is 19.1. The molecule has 0 bridgehead atoms. The molecule has 1 aromatic carbocycles. The number of ketones is 1. The number of pyridine rings is 2. The van der Waals surface area contributed by atoms with E-state index in [2.05, 4.69) is 34.7 Å². The van der Waals surface area contributed by atoms with Crippen molar-refractivity contribution in [3.05, 3.63) is 114 Å². The second-order valence-electron chi connectivity index (χ2n) is 15.5. The number of para-hydroxylation sites is 1. The van der Waals surface area contributed by atoms with E-state index in [1.807, 2.05) is 94.5 Å². The van der Waals surface area contributed by atoms with E-state index in [0.717, 1.165) is 126 Å². The van der Waals surface area contributed by atoms with E-state index >= 15 is 0 Å². The summed E-state index contributed by atoms with van der Waals surface area (Å²) in [6, 6.07) is 15.7. The van der Waals surface area contributed by atoms with Crippen LogP contribution in [-0.4, -0.2) is 109 Å². The van der Waals surface area contributed by atoms with Gasteiger partial charge in [0.25, 0.3) is 0 Å². The van der Waals surface area contributed by atoms with Crippen molar-refractivity contribution in [3.8, 4) is 28.0 Å². The lowest BCUT2D eigenvalue weighted by molar-refractivity contribution is 0.0533. The number of aliphatic hydroxyl groups is 1. The molecule has 7 aromatic rings. The molecule has 2 aliphatic carbocycles. The maximum absolute atomic E-state index is 12.3. The van der Waals surface area contributed by atoms with Crippen LogP contribution in [0.1, 0.15) is 58.8 Å². The SMILES string of the molecule is COc1ccccc1C1(O)CCCc2nc3ccc(-c4cnc(N5CCOCC5)nc4)cn3c21.O=C1CCCc2nc3ccc(-c4cnc(N5CCOCC5)nc4)cn3c21. The molecule has 0 spiro atoms. The Balaban J connectivity index is 0.000000149. The Bertz CT molecular complexity index is 2670. The van der Waals surface area contributed by atoms with Gasteiger partial charge in [-0.05, 0) is 62.4 Å². The monoisotopic (exact) mass is 806 g/mol. The number of carbonyl (C=O) groups is 1. The molecule has 1 N–H and O–H groups in total. The van der Waals surface area contributed by atoms with Gasteiger partial charge < -0.3 is 29.1 Å². The molecule has 15 heteroatoms. The number of methoxy groups -OCH3 is 1. The van der Waals surface area contributed by atoms with Gasteiger partial charge in [0.15, 0.2) is 5.78 Å². The van der Waals surface area contributed by atoms with Gasteiger partial charge in [0.05, 0.1) is 50.6 Å². The fourth-order valence-corrected chi connectivity index (χ4v) is 8.82. The van der Waals surface area contributed by atoms with Crippen LogP contribution in [0.4, 0.5) is 11.9 Å². The van der Waals surface area contributed by atoms with Crippen LogP contribution in [0.25, 0.3) is 33.5 Å². The zero-order chi connectivity index (χ0) is 40.6. The standard InChI is InChI=1S/C26H27N5O3.C19H19N5O2/c1-33-22-7-3-2-5-20(22)26(32)10-4-6-21-24(26)31-17-18(8-9-23(31)29-21)19-15-27-25(28-16-19)30-11-13-34-14-12-30;25-16-3-1-2-15-18(16)24-12-13(4-5-17(24)22-15)14-10-20-19(21-11-14)23-6-8-26-9-7-23/h2-3,5,7-9,15-17,32H,4,6,10-14H2,1H3;4-5,10-12H,1-3,6-9H2. The van der Waals surface area contributed by atoms with Gasteiger partial charge in [-0.2, -0.15) is 0 Å². The average Bonchev–Trinajstić information content (AvgIpc) is 3.89. The summed E-state index contributed by atoms with van der Waals surface area (Å²) in [5, 5.41) is 12.1. The summed E-state index contributed by atoms with van der Waals surface area (Å²) in [5.41, 5.74) is 8.39. The number of carbonyl (C=O) groups excluding carboxylic acids is 1. The zero-order valence-electron chi connectivity index (χ0n) is 33.5. The number of morpholine rings is 2. The molecule has 0 amide bonds. The second-order valence-corrected chi connectivity index (χ2v) is 15.5. The predicted octanol–water partition coefficient (Wildman–Crippen LogP) is 5.36. The highest BCUT2D eigenvalue weighted by Crippen LogP contribution is 2.44. The van der Waals surface area contributed by atoms with Crippen LogP contribution < -0.4 is 14.5 Å². The van der Waals surface area contributed by atoms with Crippen LogP contribution in [0.15, 0.2) is 85.7 Å². The third-order valence-corrected chi connectivity index (χ3v) is 11.9. The van der Waals surface area contributed by atoms with E-state index in [1.54, 1.807) is 7.11 Å². The van der Waals surface area contributed by atoms with Crippen molar-refractivity contribution in [1.29, 1.82) is 0 Å². The summed E-state index contributed by atoms with van der Waals surface area (Å²) in [5.74, 6) is 2.30. The molecule has 6 aromatic heterocycles. The maximum atomic E-state index is 12.3. The van der Waals surface area contributed by atoms with Crippen LogP contribution in [0.2, 0.25) is 0 Å². The van der Waals surface area contributed by atoms with Crippen LogP contribution >= 0.6 is 0 Å². The third-order valence-electron chi connectivity index (χ3n) is 11.9. The van der Waals surface area contributed by atoms with Crippen LogP contribution in [0.5, 0.6) is 5.75 Å². The topological polar surface area (TPSA) is 158 Å². The Kier molecular flexibility index (Phi) is 10.2. The molecule has 11 rings (SSSR count). The number of imidazole rings is 2. The highest BCUT2D eigenvalue weighted by atomic mass is 16.5. The molecule has 306 valence electrons. The smallest absolute Gasteiger partial charge is 0.225 e. The molecular formula is C45H46N10O5. The lowest BCUT2D eigenvalue weighted by Crippen LogP contribution is -2.37. The van der Waals surface area contributed by atoms with E-state index < -0.39 is 5.60 Å². The Morgan fingerprint density at radius 1 is 0.650 bits per heavy atom. The van der Waals surface area contributed by atoms with E-state index in [-0.39, 0.29) is 5.78 Å². The number of Topliss-reactive ketones (excluding diaryl/α,β-unsaturated/α-hetero) is 1. The van der Waals surface area contributed by atoms with Crippen molar-refractivity contribution in [2.75, 3.05) is 69.5 Å². The van der Waals surface area contributed by atoms with Crippen LogP contribution in [0.3, 0.4) is 0 Å². The minimum Gasteiger partial charge on any atom is -0.496 e. The number of benzene rings is 1. The summed E-state index contributed by atoms with van der Waals surface area (Å²) < 4.78 is 20.3. The summed E-state index contributed by atoms with van der Waals surface area (Å²) in [7, 11) is 1.64. The van der Waals surface area contributed by atoms with Crippen molar-refractivity contribution in [3.63, 3.8) is 0 Å². The Morgan fingerprint density at radius 2 is 1.20 bits per heavy atom. The van der Waals surface area contributed by atoms with Crippen molar-refractivity contribution in [2.24, 2.45) is 0 Å². The third kappa shape index (κ3) is 7.01. The fraction of sp³-hybridized carbons (Fsp3) is 0.356. The van der Waals surface area contributed by atoms with E-state index in [4.69, 9.17) is 19.2 Å². The predicted molar refractivity (Wildman–Crippen MR) is 225 cm³/mol. The zero-order valence-corrected chi connectivity index (χ0v) is 33.5. The fourth-order valence-electron chi connectivity index (χ4n) is 8.82. The number of nitrogens with zero attached hydrogens (tertiary/aromatic N) is 10. The Labute approximate surface area is 346 Å². The van der Waals surface area contributed by atoms with Crippen molar-refractivity contribution < 1.29 is 24.1 Å². The molecule has 2 aliphatic heterocycles. The van der Waals surface area contributed by atoms with Gasteiger partial charge in [0.1, 0.15) is 28.3 Å². The van der Waals surface area contributed by atoms with Gasteiger partial charge in [0, 0.05) is 97.6 Å². The van der Waals surface area contributed by atoms with Gasteiger partial charge in [-0.25, -0.2) is 29.9 Å². The number of hydrogen-bond donors (Lipinski definition) is 1.